The van der Waals surface area contributed by atoms with Crippen LogP contribution in [0.5, 0.6) is 0 Å². The quantitative estimate of drug-likeness (QED) is 0.702. The summed E-state index contributed by atoms with van der Waals surface area (Å²) in [6.45, 7) is 4.38. The Morgan fingerprint density at radius 1 is 1.06 bits per heavy atom. The summed E-state index contributed by atoms with van der Waals surface area (Å²) in [5.41, 5.74) is 0. The molecule has 0 aliphatic carbocycles. The molecule has 0 amide bonds. The van der Waals surface area contributed by atoms with Gasteiger partial charge >= 0.3 is 0 Å². The zero-order valence-corrected chi connectivity index (χ0v) is 9.81. The van der Waals surface area contributed by atoms with Gasteiger partial charge in [0.1, 0.15) is 0 Å². The molecular formula is C13H21N3. The van der Waals surface area contributed by atoms with Crippen molar-refractivity contribution in [3.63, 3.8) is 0 Å². The lowest BCUT2D eigenvalue weighted by Crippen LogP contribution is -2.50. The van der Waals surface area contributed by atoms with E-state index in [9.17, 15) is 0 Å². The van der Waals surface area contributed by atoms with Gasteiger partial charge in [-0.2, -0.15) is 0 Å². The SMILES string of the molecule is [2H]C1=CC=CN(N2CCCC2N2CCCC2)C1. The Bertz CT molecular complexity index is 334. The van der Waals surface area contributed by atoms with Crippen molar-refractivity contribution in [1.29, 1.82) is 0 Å². The molecule has 88 valence electrons. The molecule has 0 aromatic rings. The van der Waals surface area contributed by atoms with Crippen LogP contribution in [0, 0.1) is 0 Å². The van der Waals surface area contributed by atoms with Gasteiger partial charge in [-0.1, -0.05) is 12.1 Å². The zero-order valence-electron chi connectivity index (χ0n) is 10.8. The van der Waals surface area contributed by atoms with E-state index in [1.807, 2.05) is 12.2 Å². The summed E-state index contributed by atoms with van der Waals surface area (Å²) in [7, 11) is 0. The first kappa shape index (κ1) is 9.25. The van der Waals surface area contributed by atoms with Crippen molar-refractivity contribution in [2.24, 2.45) is 0 Å². The summed E-state index contributed by atoms with van der Waals surface area (Å²) >= 11 is 0. The minimum atomic E-state index is 0.577. The van der Waals surface area contributed by atoms with E-state index in [4.69, 9.17) is 1.37 Å². The van der Waals surface area contributed by atoms with Gasteiger partial charge in [0, 0.05) is 12.7 Å². The molecule has 3 heteroatoms. The summed E-state index contributed by atoms with van der Waals surface area (Å²) in [4.78, 5) is 2.61. The van der Waals surface area contributed by atoms with Crippen molar-refractivity contribution in [1.82, 2.24) is 14.9 Å². The minimum Gasteiger partial charge on any atom is -0.308 e. The molecule has 3 rings (SSSR count). The summed E-state index contributed by atoms with van der Waals surface area (Å²) in [6, 6.07) is 0.708. The molecule has 3 aliphatic rings. The van der Waals surface area contributed by atoms with Crippen LogP contribution >= 0.6 is 0 Å². The molecule has 0 aromatic carbocycles. The van der Waals surface area contributed by atoms with E-state index in [0.29, 0.717) is 12.2 Å². The van der Waals surface area contributed by atoms with Gasteiger partial charge in [0.05, 0.1) is 14.1 Å². The number of hydrazine groups is 1. The lowest BCUT2D eigenvalue weighted by atomic mass is 10.3. The Morgan fingerprint density at radius 2 is 1.94 bits per heavy atom. The van der Waals surface area contributed by atoms with Crippen LogP contribution in [0.25, 0.3) is 0 Å². The van der Waals surface area contributed by atoms with Crippen LogP contribution in [0.1, 0.15) is 27.1 Å². The lowest BCUT2D eigenvalue weighted by molar-refractivity contribution is -0.0446. The van der Waals surface area contributed by atoms with E-state index >= 15 is 0 Å². The van der Waals surface area contributed by atoms with E-state index in [1.54, 1.807) is 0 Å². The third-order valence-corrected chi connectivity index (χ3v) is 3.81. The second-order valence-corrected chi connectivity index (χ2v) is 4.84. The molecule has 16 heavy (non-hydrogen) atoms. The monoisotopic (exact) mass is 220 g/mol. The maximum Gasteiger partial charge on any atom is 0.0808 e. The fourth-order valence-electron chi connectivity index (χ4n) is 3.03. The third-order valence-electron chi connectivity index (χ3n) is 3.81. The Hall–Kier alpha value is -0.800. The highest BCUT2D eigenvalue weighted by Crippen LogP contribution is 2.26. The maximum atomic E-state index is 7.77. The van der Waals surface area contributed by atoms with Crippen LogP contribution in [0.4, 0.5) is 0 Å². The van der Waals surface area contributed by atoms with Gasteiger partial charge in [-0.3, -0.25) is 4.90 Å². The van der Waals surface area contributed by atoms with Crippen molar-refractivity contribution in [2.75, 3.05) is 26.2 Å². The van der Waals surface area contributed by atoms with Gasteiger partial charge in [-0.15, -0.1) is 0 Å². The molecule has 0 bridgehead atoms. The van der Waals surface area contributed by atoms with Gasteiger partial charge in [0.25, 0.3) is 0 Å². The van der Waals surface area contributed by atoms with Crippen molar-refractivity contribution in [2.45, 2.75) is 31.8 Å². The van der Waals surface area contributed by atoms with Crippen LogP contribution in [-0.2, 0) is 0 Å². The Morgan fingerprint density at radius 3 is 2.75 bits per heavy atom. The number of allylic oxidation sites excluding steroid dienone is 2. The van der Waals surface area contributed by atoms with Crippen LogP contribution < -0.4 is 0 Å². The highest BCUT2D eigenvalue weighted by Gasteiger charge is 2.33. The largest absolute Gasteiger partial charge is 0.308 e. The topological polar surface area (TPSA) is 9.72 Å². The van der Waals surface area contributed by atoms with Crippen LogP contribution in [0.3, 0.4) is 0 Å². The molecule has 3 aliphatic heterocycles. The lowest BCUT2D eigenvalue weighted by Gasteiger charge is -2.39. The van der Waals surface area contributed by atoms with Crippen LogP contribution in [-0.4, -0.2) is 47.3 Å². The summed E-state index contributed by atoms with van der Waals surface area (Å²) < 4.78 is 7.77. The molecule has 0 saturated carbocycles. The number of nitrogens with zero attached hydrogens (tertiary/aromatic N) is 3. The second kappa shape index (κ2) is 4.60. The summed E-state index contributed by atoms with van der Waals surface area (Å²) in [5.74, 6) is 0. The van der Waals surface area contributed by atoms with E-state index in [2.05, 4.69) is 21.1 Å². The minimum absolute atomic E-state index is 0.577. The zero-order chi connectivity index (χ0) is 11.7. The Labute approximate surface area is 99.4 Å². The van der Waals surface area contributed by atoms with Crippen LogP contribution in [0.2, 0.25) is 0 Å². The molecule has 3 nitrogen and oxygen atoms in total. The van der Waals surface area contributed by atoms with Crippen molar-refractivity contribution < 1.29 is 1.37 Å². The molecule has 2 saturated heterocycles. The molecule has 0 aromatic heterocycles. The van der Waals surface area contributed by atoms with Crippen LogP contribution in [0.15, 0.2) is 24.4 Å². The predicted octanol–water partition coefficient (Wildman–Crippen LogP) is 1.80. The fourth-order valence-corrected chi connectivity index (χ4v) is 3.03. The highest BCUT2D eigenvalue weighted by atomic mass is 15.7. The molecule has 2 fully saturated rings. The van der Waals surface area contributed by atoms with Gasteiger partial charge in [-0.05, 0) is 44.8 Å². The number of hydrogen-bond acceptors (Lipinski definition) is 3. The first-order chi connectivity index (χ1) is 8.34. The second-order valence-electron chi connectivity index (χ2n) is 4.84. The average Bonchev–Trinajstić information content (AvgIpc) is 3.00. The first-order valence-electron chi connectivity index (χ1n) is 6.96. The van der Waals surface area contributed by atoms with Gasteiger partial charge in [0.2, 0.25) is 0 Å². The van der Waals surface area contributed by atoms with Crippen molar-refractivity contribution in [3.05, 3.63) is 24.4 Å². The van der Waals surface area contributed by atoms with Gasteiger partial charge in [0.15, 0.2) is 0 Å². The molecular weight excluding hydrogens is 198 g/mol. The standard InChI is InChI=1S/C13H21N3/c1-2-10-15(11-3-1)16-12-6-7-13(16)14-8-4-5-9-14/h1-3,10,13H,4-9,11-12H2/i3D. The Kier molecular flexibility index (Phi) is 2.66. The smallest absolute Gasteiger partial charge is 0.0808 e. The highest BCUT2D eigenvalue weighted by molar-refractivity contribution is 5.08. The van der Waals surface area contributed by atoms with Gasteiger partial charge < -0.3 is 5.01 Å². The molecule has 0 N–H and O–H groups in total. The number of rotatable bonds is 2. The molecule has 0 spiro atoms. The molecule has 0 radical (unpaired) electrons. The third kappa shape index (κ3) is 1.89. The normalized spacial score (nSPS) is 33.2. The molecule has 1 atom stereocenters. The Balaban J connectivity index is 1.69. The molecule has 1 unspecified atom stereocenters. The van der Waals surface area contributed by atoms with E-state index in [1.165, 1.54) is 38.8 Å². The molecule has 3 heterocycles. The summed E-state index contributed by atoms with van der Waals surface area (Å²) in [5, 5.41) is 4.70. The summed E-state index contributed by atoms with van der Waals surface area (Å²) in [6.07, 6.45) is 11.8. The van der Waals surface area contributed by atoms with E-state index < -0.39 is 0 Å². The maximum absolute atomic E-state index is 7.77. The van der Waals surface area contributed by atoms with Crippen molar-refractivity contribution >= 4 is 0 Å². The van der Waals surface area contributed by atoms with Gasteiger partial charge in [-0.25, -0.2) is 5.01 Å². The number of hydrogen-bond donors (Lipinski definition) is 0. The first-order valence-corrected chi connectivity index (χ1v) is 6.46. The van der Waals surface area contributed by atoms with E-state index in [0.717, 1.165) is 13.1 Å². The predicted molar refractivity (Wildman–Crippen MR) is 65.5 cm³/mol. The fraction of sp³-hybridized carbons (Fsp3) is 0.692. The average molecular weight is 220 g/mol. The van der Waals surface area contributed by atoms with Crippen molar-refractivity contribution in [3.8, 4) is 0 Å². The van der Waals surface area contributed by atoms with E-state index in [-0.39, 0.29) is 0 Å². The number of likely N-dealkylation sites (tertiary alicyclic amines) is 1.